The lowest BCUT2D eigenvalue weighted by Crippen LogP contribution is -2.30. The first-order chi connectivity index (χ1) is 14.7. The molecule has 0 bridgehead atoms. The topological polar surface area (TPSA) is 57.2 Å². The molecule has 2 aromatic carbocycles. The standard InChI is InChI=1S/C25H31N5/c1-29(28-20-23-12-4-2-5-13-23)25(26)27-16-7-3-6-11-22-14-10-15-24(19-22)21-30-17-8-9-18-30/h2,4-5,10,12-15,19-20H,3,7-9,16-18,21H2,1H3,(H2,26,27)/b28-20+. The number of rotatable bonds is 7. The number of hydrogen-bond acceptors (Lipinski definition) is 3. The van der Waals surface area contributed by atoms with Gasteiger partial charge in [0.25, 0.3) is 0 Å². The molecule has 2 aromatic rings. The van der Waals surface area contributed by atoms with E-state index in [1.807, 2.05) is 30.3 Å². The van der Waals surface area contributed by atoms with Crippen molar-refractivity contribution < 1.29 is 0 Å². The number of likely N-dealkylation sites (tertiary alicyclic amines) is 1. The highest BCUT2D eigenvalue weighted by molar-refractivity contribution is 5.82. The fourth-order valence-corrected chi connectivity index (χ4v) is 3.33. The summed E-state index contributed by atoms with van der Waals surface area (Å²) in [5.74, 6) is 6.94. The number of benzene rings is 2. The molecule has 3 rings (SSSR count). The number of hydrazone groups is 1. The van der Waals surface area contributed by atoms with Gasteiger partial charge in [0, 0.05) is 32.1 Å². The number of hydrogen-bond donors (Lipinski definition) is 1. The molecule has 1 heterocycles. The van der Waals surface area contributed by atoms with Crippen molar-refractivity contribution >= 4 is 12.2 Å². The zero-order chi connectivity index (χ0) is 21.0. The van der Waals surface area contributed by atoms with Gasteiger partial charge in [0.2, 0.25) is 5.96 Å². The van der Waals surface area contributed by atoms with Gasteiger partial charge in [-0.3, -0.25) is 9.89 Å². The Bertz CT molecular complexity index is 902. The van der Waals surface area contributed by atoms with E-state index < -0.39 is 0 Å². The maximum atomic E-state index is 5.99. The lowest BCUT2D eigenvalue weighted by molar-refractivity contribution is 0.331. The van der Waals surface area contributed by atoms with Crippen LogP contribution in [0.15, 0.2) is 64.7 Å². The number of aliphatic imine (C=N–C) groups is 1. The van der Waals surface area contributed by atoms with Crippen molar-refractivity contribution in [2.75, 3.05) is 26.7 Å². The summed E-state index contributed by atoms with van der Waals surface area (Å²) >= 11 is 0. The van der Waals surface area contributed by atoms with Crippen LogP contribution in [0.25, 0.3) is 0 Å². The van der Waals surface area contributed by atoms with E-state index in [9.17, 15) is 0 Å². The molecule has 0 saturated carbocycles. The Morgan fingerprint density at radius 3 is 2.73 bits per heavy atom. The summed E-state index contributed by atoms with van der Waals surface area (Å²) in [5, 5.41) is 5.90. The van der Waals surface area contributed by atoms with Crippen molar-refractivity contribution in [1.29, 1.82) is 0 Å². The minimum absolute atomic E-state index is 0.407. The van der Waals surface area contributed by atoms with Crippen LogP contribution in [0.4, 0.5) is 0 Å². The first-order valence-electron chi connectivity index (χ1n) is 10.6. The van der Waals surface area contributed by atoms with Crippen LogP contribution in [0.3, 0.4) is 0 Å². The van der Waals surface area contributed by atoms with E-state index in [0.717, 1.165) is 30.5 Å². The highest BCUT2D eigenvalue weighted by atomic mass is 15.5. The van der Waals surface area contributed by atoms with Gasteiger partial charge in [-0.2, -0.15) is 5.10 Å². The minimum atomic E-state index is 0.407. The van der Waals surface area contributed by atoms with Crippen molar-refractivity contribution in [2.24, 2.45) is 15.8 Å². The quantitative estimate of drug-likeness (QED) is 0.253. The van der Waals surface area contributed by atoms with Crippen LogP contribution in [0, 0.1) is 11.8 Å². The zero-order valence-electron chi connectivity index (χ0n) is 17.8. The van der Waals surface area contributed by atoms with Crippen LogP contribution < -0.4 is 5.73 Å². The number of nitrogens with zero attached hydrogens (tertiary/aromatic N) is 4. The SMILES string of the molecule is CN(/N=C/c1ccccc1)C(N)=NCCCC#Cc1cccc(CN2CCCC2)c1. The molecule has 0 unspecified atom stereocenters. The number of guanidine groups is 1. The van der Waals surface area contributed by atoms with Gasteiger partial charge in [-0.25, -0.2) is 5.01 Å². The second-order valence-corrected chi connectivity index (χ2v) is 7.51. The van der Waals surface area contributed by atoms with E-state index in [0.29, 0.717) is 12.5 Å². The highest BCUT2D eigenvalue weighted by Gasteiger charge is 2.11. The molecule has 0 aromatic heterocycles. The van der Waals surface area contributed by atoms with Gasteiger partial charge in [-0.15, -0.1) is 0 Å². The molecule has 2 N–H and O–H groups in total. The molecule has 1 saturated heterocycles. The molecule has 1 aliphatic rings. The Kier molecular flexibility index (Phi) is 8.49. The Labute approximate surface area is 180 Å². The van der Waals surface area contributed by atoms with Gasteiger partial charge >= 0.3 is 0 Å². The third-order valence-electron chi connectivity index (χ3n) is 5.01. The summed E-state index contributed by atoms with van der Waals surface area (Å²) in [6.07, 6.45) is 6.08. The summed E-state index contributed by atoms with van der Waals surface area (Å²) in [6, 6.07) is 18.5. The van der Waals surface area contributed by atoms with Gasteiger partial charge in [-0.1, -0.05) is 54.3 Å². The number of nitrogens with two attached hydrogens (primary N) is 1. The lowest BCUT2D eigenvalue weighted by Gasteiger charge is -2.14. The molecule has 0 spiro atoms. The molecule has 30 heavy (non-hydrogen) atoms. The Balaban J connectivity index is 1.40. The van der Waals surface area contributed by atoms with E-state index in [1.165, 1.54) is 31.5 Å². The maximum Gasteiger partial charge on any atom is 0.211 e. The first kappa shape index (κ1) is 21.6. The largest absolute Gasteiger partial charge is 0.368 e. The predicted molar refractivity (Wildman–Crippen MR) is 125 cm³/mol. The van der Waals surface area contributed by atoms with E-state index >= 15 is 0 Å². The monoisotopic (exact) mass is 401 g/mol. The molecule has 0 amide bonds. The Hall–Kier alpha value is -3.10. The average Bonchev–Trinajstić information content (AvgIpc) is 3.28. The van der Waals surface area contributed by atoms with Gasteiger partial charge in [0.15, 0.2) is 0 Å². The molecular weight excluding hydrogens is 370 g/mol. The van der Waals surface area contributed by atoms with Crippen molar-refractivity contribution in [2.45, 2.75) is 32.2 Å². The third-order valence-corrected chi connectivity index (χ3v) is 5.01. The lowest BCUT2D eigenvalue weighted by atomic mass is 10.1. The van der Waals surface area contributed by atoms with Gasteiger partial charge in [0.05, 0.1) is 6.21 Å². The molecule has 5 nitrogen and oxygen atoms in total. The first-order valence-corrected chi connectivity index (χ1v) is 10.6. The molecular formula is C25H31N5. The fourth-order valence-electron chi connectivity index (χ4n) is 3.33. The fraction of sp³-hybridized carbons (Fsp3) is 0.360. The van der Waals surface area contributed by atoms with Crippen molar-refractivity contribution in [3.05, 3.63) is 71.3 Å². The molecule has 156 valence electrons. The highest BCUT2D eigenvalue weighted by Crippen LogP contribution is 2.13. The molecule has 0 atom stereocenters. The normalized spacial score (nSPS) is 14.6. The van der Waals surface area contributed by atoms with E-state index in [-0.39, 0.29) is 0 Å². The van der Waals surface area contributed by atoms with Crippen LogP contribution in [-0.4, -0.2) is 48.8 Å². The molecule has 0 radical (unpaired) electrons. The second-order valence-electron chi connectivity index (χ2n) is 7.51. The van der Waals surface area contributed by atoms with Crippen LogP contribution in [0.5, 0.6) is 0 Å². The van der Waals surface area contributed by atoms with Crippen molar-refractivity contribution in [1.82, 2.24) is 9.91 Å². The van der Waals surface area contributed by atoms with Crippen molar-refractivity contribution in [3.8, 4) is 11.8 Å². The Morgan fingerprint density at radius 2 is 1.93 bits per heavy atom. The van der Waals surface area contributed by atoms with E-state index in [2.05, 4.69) is 51.1 Å². The predicted octanol–water partition coefficient (Wildman–Crippen LogP) is 3.69. The van der Waals surface area contributed by atoms with Gasteiger partial charge in [-0.05, 0) is 55.6 Å². The average molecular weight is 402 g/mol. The smallest absolute Gasteiger partial charge is 0.211 e. The van der Waals surface area contributed by atoms with Crippen LogP contribution in [0.1, 0.15) is 42.4 Å². The summed E-state index contributed by atoms with van der Waals surface area (Å²) in [7, 11) is 1.80. The third kappa shape index (κ3) is 7.38. The van der Waals surface area contributed by atoms with Crippen LogP contribution in [0.2, 0.25) is 0 Å². The van der Waals surface area contributed by atoms with Crippen LogP contribution in [-0.2, 0) is 6.54 Å². The van der Waals surface area contributed by atoms with E-state index in [4.69, 9.17) is 5.73 Å². The Morgan fingerprint density at radius 1 is 1.13 bits per heavy atom. The molecule has 1 fully saturated rings. The number of unbranched alkanes of at least 4 members (excludes halogenated alkanes) is 1. The van der Waals surface area contributed by atoms with E-state index in [1.54, 1.807) is 18.3 Å². The molecule has 1 aliphatic heterocycles. The maximum absolute atomic E-state index is 5.99. The summed E-state index contributed by atoms with van der Waals surface area (Å²) in [4.78, 5) is 6.90. The minimum Gasteiger partial charge on any atom is -0.368 e. The van der Waals surface area contributed by atoms with Crippen molar-refractivity contribution in [3.63, 3.8) is 0 Å². The summed E-state index contributed by atoms with van der Waals surface area (Å²) in [6.45, 7) is 4.10. The van der Waals surface area contributed by atoms with Gasteiger partial charge in [0.1, 0.15) is 0 Å². The summed E-state index contributed by atoms with van der Waals surface area (Å²) < 4.78 is 0. The summed E-state index contributed by atoms with van der Waals surface area (Å²) in [5.41, 5.74) is 9.45. The molecule has 5 heteroatoms. The van der Waals surface area contributed by atoms with Crippen LogP contribution >= 0.6 is 0 Å². The molecule has 0 aliphatic carbocycles. The zero-order valence-corrected chi connectivity index (χ0v) is 17.8. The van der Waals surface area contributed by atoms with Gasteiger partial charge < -0.3 is 5.73 Å². The second kappa shape index (κ2) is 11.8.